The van der Waals surface area contributed by atoms with E-state index in [1.807, 2.05) is 0 Å². The lowest BCUT2D eigenvalue weighted by atomic mass is 10.2. The molecule has 86 valence electrons. The molecule has 4 heteroatoms. The molecule has 1 rings (SSSR count). The average Bonchev–Trinajstić information content (AvgIpc) is 2.15. The van der Waals surface area contributed by atoms with Crippen LogP contribution in [0.15, 0.2) is 35.9 Å². The SMILES string of the molecule is C[Si](C)(C)/C=C(\O)Oc1ccccc1C=O. The fourth-order valence-electron chi connectivity index (χ4n) is 1.18. The average molecular weight is 236 g/mol. The van der Waals surface area contributed by atoms with Gasteiger partial charge in [0.15, 0.2) is 6.29 Å². The van der Waals surface area contributed by atoms with E-state index in [-0.39, 0.29) is 5.95 Å². The molecule has 0 heterocycles. The first-order valence-electron chi connectivity index (χ1n) is 5.06. The van der Waals surface area contributed by atoms with Gasteiger partial charge >= 0.3 is 0 Å². The van der Waals surface area contributed by atoms with Gasteiger partial charge in [0.2, 0.25) is 0 Å². The Morgan fingerprint density at radius 3 is 2.50 bits per heavy atom. The summed E-state index contributed by atoms with van der Waals surface area (Å²) >= 11 is 0. The van der Waals surface area contributed by atoms with E-state index in [0.29, 0.717) is 17.6 Å². The molecule has 0 saturated carbocycles. The predicted molar refractivity (Wildman–Crippen MR) is 66.5 cm³/mol. The molecule has 16 heavy (non-hydrogen) atoms. The van der Waals surface area contributed by atoms with Crippen molar-refractivity contribution in [2.45, 2.75) is 19.6 Å². The molecule has 1 aromatic rings. The first kappa shape index (κ1) is 12.5. The lowest BCUT2D eigenvalue weighted by Crippen LogP contribution is -2.18. The molecule has 0 aliphatic carbocycles. The monoisotopic (exact) mass is 236 g/mol. The molecule has 3 nitrogen and oxygen atoms in total. The Bertz CT molecular complexity index is 405. The minimum Gasteiger partial charge on any atom is -0.481 e. The summed E-state index contributed by atoms with van der Waals surface area (Å²) < 4.78 is 5.23. The fraction of sp³-hybridized carbons (Fsp3) is 0.250. The van der Waals surface area contributed by atoms with Crippen molar-refractivity contribution in [3.05, 3.63) is 41.5 Å². The van der Waals surface area contributed by atoms with Crippen LogP contribution in [-0.4, -0.2) is 19.5 Å². The molecule has 0 radical (unpaired) electrons. The van der Waals surface area contributed by atoms with Gasteiger partial charge in [0.1, 0.15) is 5.75 Å². The molecule has 1 aromatic carbocycles. The van der Waals surface area contributed by atoms with Crippen LogP contribution < -0.4 is 4.74 Å². The normalized spacial score (nSPS) is 12.3. The fourth-order valence-corrected chi connectivity index (χ4v) is 1.98. The summed E-state index contributed by atoms with van der Waals surface area (Å²) in [6.45, 7) is 6.24. The minimum absolute atomic E-state index is 0.131. The van der Waals surface area contributed by atoms with Crippen molar-refractivity contribution in [3.63, 3.8) is 0 Å². The largest absolute Gasteiger partial charge is 0.481 e. The zero-order valence-corrected chi connectivity index (χ0v) is 10.7. The lowest BCUT2D eigenvalue weighted by molar-refractivity contribution is 0.111. The van der Waals surface area contributed by atoms with Gasteiger partial charge in [-0.2, -0.15) is 0 Å². The van der Waals surface area contributed by atoms with Crippen LogP contribution >= 0.6 is 0 Å². The van der Waals surface area contributed by atoms with E-state index in [1.165, 1.54) is 0 Å². The summed E-state index contributed by atoms with van der Waals surface area (Å²) in [4.78, 5) is 10.7. The summed E-state index contributed by atoms with van der Waals surface area (Å²) in [7, 11) is -1.53. The number of rotatable bonds is 4. The molecule has 0 aliphatic rings. The van der Waals surface area contributed by atoms with Crippen molar-refractivity contribution >= 4 is 14.4 Å². The zero-order chi connectivity index (χ0) is 12.2. The highest BCUT2D eigenvalue weighted by Crippen LogP contribution is 2.18. The molecule has 0 aromatic heterocycles. The number of carbonyl (C=O) groups excluding carboxylic acids is 1. The molecular formula is C12H16O3Si. The summed E-state index contributed by atoms with van der Waals surface area (Å²) in [6.07, 6.45) is 0.705. The summed E-state index contributed by atoms with van der Waals surface area (Å²) in [6, 6.07) is 6.79. The molecule has 0 unspecified atom stereocenters. The molecular weight excluding hydrogens is 220 g/mol. The molecule has 0 saturated heterocycles. The number of benzene rings is 1. The van der Waals surface area contributed by atoms with E-state index in [0.717, 1.165) is 0 Å². The number of aliphatic hydroxyl groups is 1. The van der Waals surface area contributed by atoms with E-state index in [2.05, 4.69) is 19.6 Å². The van der Waals surface area contributed by atoms with Gasteiger partial charge in [-0.15, -0.1) is 0 Å². The second kappa shape index (κ2) is 4.98. The molecule has 0 amide bonds. The third-order valence-electron chi connectivity index (χ3n) is 1.82. The van der Waals surface area contributed by atoms with Crippen molar-refractivity contribution in [1.82, 2.24) is 0 Å². The van der Waals surface area contributed by atoms with Crippen molar-refractivity contribution in [2.75, 3.05) is 0 Å². The number of aldehydes is 1. The maximum absolute atomic E-state index is 10.7. The van der Waals surface area contributed by atoms with Crippen molar-refractivity contribution < 1.29 is 14.6 Å². The summed E-state index contributed by atoms with van der Waals surface area (Å²) in [5.74, 6) is 0.248. The molecule has 0 atom stereocenters. The molecule has 1 N–H and O–H groups in total. The Morgan fingerprint density at radius 1 is 1.31 bits per heavy atom. The van der Waals surface area contributed by atoms with Crippen molar-refractivity contribution in [1.29, 1.82) is 0 Å². The highest BCUT2D eigenvalue weighted by atomic mass is 28.3. The van der Waals surface area contributed by atoms with Gasteiger partial charge in [-0.25, -0.2) is 0 Å². The van der Waals surface area contributed by atoms with Crippen LogP contribution in [0.5, 0.6) is 5.75 Å². The minimum atomic E-state index is -1.53. The van der Waals surface area contributed by atoms with Crippen LogP contribution in [0.25, 0.3) is 0 Å². The maximum atomic E-state index is 10.7. The molecule has 0 aliphatic heterocycles. The van der Waals surface area contributed by atoms with E-state index >= 15 is 0 Å². The topological polar surface area (TPSA) is 46.5 Å². The number of carbonyl (C=O) groups is 1. The van der Waals surface area contributed by atoms with Crippen molar-refractivity contribution in [2.24, 2.45) is 0 Å². The highest BCUT2D eigenvalue weighted by molar-refractivity contribution is 6.81. The molecule has 0 fully saturated rings. The van der Waals surface area contributed by atoms with Crippen LogP contribution in [0.4, 0.5) is 0 Å². The highest BCUT2D eigenvalue weighted by Gasteiger charge is 2.13. The Labute approximate surface area is 96.4 Å². The Morgan fingerprint density at radius 2 is 1.94 bits per heavy atom. The Balaban J connectivity index is 2.89. The van der Waals surface area contributed by atoms with Crippen LogP contribution in [0.2, 0.25) is 19.6 Å². The van der Waals surface area contributed by atoms with Gasteiger partial charge in [0.05, 0.1) is 13.6 Å². The summed E-state index contributed by atoms with van der Waals surface area (Å²) in [5, 5.41) is 9.62. The van der Waals surface area contributed by atoms with E-state index in [9.17, 15) is 9.90 Å². The Hall–Kier alpha value is -1.55. The predicted octanol–water partition coefficient (Wildman–Crippen LogP) is 3.15. The zero-order valence-electron chi connectivity index (χ0n) is 9.73. The number of para-hydroxylation sites is 1. The van der Waals surface area contributed by atoms with Crippen LogP contribution in [0.3, 0.4) is 0 Å². The third kappa shape index (κ3) is 3.90. The van der Waals surface area contributed by atoms with Crippen LogP contribution in [0.1, 0.15) is 10.4 Å². The first-order valence-corrected chi connectivity index (χ1v) is 8.64. The number of ether oxygens (including phenoxy) is 1. The smallest absolute Gasteiger partial charge is 0.273 e. The van der Waals surface area contributed by atoms with Gasteiger partial charge < -0.3 is 9.84 Å². The van der Waals surface area contributed by atoms with Gasteiger partial charge in [-0.3, -0.25) is 4.79 Å². The standard InChI is InChI=1S/C12H16O3Si/c1-16(2,3)9-12(14)15-11-7-5-4-6-10(11)8-13/h4-9,14H,1-3H3/b12-9+. The van der Waals surface area contributed by atoms with E-state index in [4.69, 9.17) is 4.74 Å². The molecule has 0 bridgehead atoms. The third-order valence-corrected chi connectivity index (χ3v) is 2.93. The Kier molecular flexibility index (Phi) is 3.90. The lowest BCUT2D eigenvalue weighted by Gasteiger charge is -2.11. The van der Waals surface area contributed by atoms with Gasteiger partial charge in [-0.1, -0.05) is 31.8 Å². The van der Waals surface area contributed by atoms with Gasteiger partial charge in [0.25, 0.3) is 5.95 Å². The second-order valence-corrected chi connectivity index (χ2v) is 9.63. The van der Waals surface area contributed by atoms with Crippen LogP contribution in [0, 0.1) is 0 Å². The maximum Gasteiger partial charge on any atom is 0.273 e. The van der Waals surface area contributed by atoms with Gasteiger partial charge in [0, 0.05) is 0 Å². The summed E-state index contributed by atoms with van der Waals surface area (Å²) in [5.41, 5.74) is 2.16. The van der Waals surface area contributed by atoms with E-state index < -0.39 is 8.07 Å². The van der Waals surface area contributed by atoms with Gasteiger partial charge in [-0.05, 0) is 17.8 Å². The number of hydrogen-bond acceptors (Lipinski definition) is 3. The van der Waals surface area contributed by atoms with Crippen molar-refractivity contribution in [3.8, 4) is 5.75 Å². The molecule has 0 spiro atoms. The number of hydrogen-bond donors (Lipinski definition) is 1. The van der Waals surface area contributed by atoms with E-state index in [1.54, 1.807) is 30.0 Å². The number of aliphatic hydroxyl groups excluding tert-OH is 1. The first-order chi connectivity index (χ1) is 7.42. The van der Waals surface area contributed by atoms with Crippen LogP contribution in [-0.2, 0) is 0 Å². The second-order valence-electron chi connectivity index (χ2n) is 4.61. The quantitative estimate of drug-likeness (QED) is 0.496.